The molecule has 0 aliphatic carbocycles. The molecule has 2 saturated heterocycles. The van der Waals surface area contributed by atoms with Crippen LogP contribution in [0.3, 0.4) is 0 Å². The second kappa shape index (κ2) is 6.08. The molecule has 0 saturated carbocycles. The number of hydrogen-bond acceptors (Lipinski definition) is 5. The minimum absolute atomic E-state index is 0.0386. The number of aromatic nitrogens is 2. The first-order valence-corrected chi connectivity index (χ1v) is 7.72. The van der Waals surface area contributed by atoms with Crippen molar-refractivity contribution in [3.05, 3.63) is 18.5 Å². The summed E-state index contributed by atoms with van der Waals surface area (Å²) in [4.78, 5) is 24.2. The summed E-state index contributed by atoms with van der Waals surface area (Å²) in [5.74, 6) is 0.752. The van der Waals surface area contributed by atoms with Crippen LogP contribution in [-0.4, -0.2) is 66.3 Å². The molecule has 2 aliphatic rings. The number of hydrogen-bond donors (Lipinski definition) is 1. The maximum absolute atomic E-state index is 11.8. The van der Waals surface area contributed by atoms with Gasteiger partial charge in [-0.3, -0.25) is 0 Å². The van der Waals surface area contributed by atoms with E-state index in [9.17, 15) is 4.79 Å². The van der Waals surface area contributed by atoms with Crippen molar-refractivity contribution in [3.8, 4) is 0 Å². The molecule has 0 radical (unpaired) electrons. The van der Waals surface area contributed by atoms with E-state index in [1.807, 2.05) is 6.07 Å². The molecular formula is C15H23N5O2. The zero-order valence-electron chi connectivity index (χ0n) is 13.2. The molecule has 1 N–H and O–H groups in total. The highest BCUT2D eigenvalue weighted by atomic mass is 16.5. The summed E-state index contributed by atoms with van der Waals surface area (Å²) in [6, 6.07) is 1.95. The third-order valence-corrected chi connectivity index (χ3v) is 4.38. The van der Waals surface area contributed by atoms with Gasteiger partial charge in [0.05, 0.1) is 12.1 Å². The second-order valence-corrected chi connectivity index (χ2v) is 6.29. The molecule has 3 rings (SSSR count). The number of rotatable bonds is 2. The summed E-state index contributed by atoms with van der Waals surface area (Å²) < 4.78 is 6.09. The van der Waals surface area contributed by atoms with Crippen LogP contribution in [0.4, 0.5) is 10.7 Å². The molecule has 2 aliphatic heterocycles. The van der Waals surface area contributed by atoms with Crippen molar-refractivity contribution in [2.75, 3.05) is 38.7 Å². The fourth-order valence-corrected chi connectivity index (χ4v) is 3.21. The van der Waals surface area contributed by atoms with E-state index >= 15 is 0 Å². The second-order valence-electron chi connectivity index (χ2n) is 6.29. The van der Waals surface area contributed by atoms with Crippen molar-refractivity contribution in [2.45, 2.75) is 30.9 Å². The number of carbonyl (C=O) groups is 1. The van der Waals surface area contributed by atoms with Crippen molar-refractivity contribution in [2.24, 2.45) is 0 Å². The SMILES string of the molecule is CN(C)C(=O)N[C@@H]1CCO[C@]2(CCN(c3ncccn3)C2)C1. The van der Waals surface area contributed by atoms with E-state index in [0.29, 0.717) is 6.61 Å². The fraction of sp³-hybridized carbons (Fsp3) is 0.667. The van der Waals surface area contributed by atoms with Crippen molar-refractivity contribution in [1.29, 1.82) is 0 Å². The Morgan fingerprint density at radius 3 is 2.95 bits per heavy atom. The molecule has 3 heterocycles. The maximum Gasteiger partial charge on any atom is 0.317 e. The normalized spacial score (nSPS) is 27.9. The minimum Gasteiger partial charge on any atom is -0.373 e. The lowest BCUT2D eigenvalue weighted by molar-refractivity contribution is -0.0720. The number of carbonyl (C=O) groups excluding carboxylic acids is 1. The molecule has 2 amide bonds. The molecule has 1 spiro atoms. The first-order chi connectivity index (χ1) is 10.6. The quantitative estimate of drug-likeness (QED) is 0.878. The van der Waals surface area contributed by atoms with Crippen LogP contribution in [0.2, 0.25) is 0 Å². The monoisotopic (exact) mass is 305 g/mol. The smallest absolute Gasteiger partial charge is 0.317 e. The molecule has 2 fully saturated rings. The molecule has 7 nitrogen and oxygen atoms in total. The first-order valence-electron chi connectivity index (χ1n) is 7.72. The molecule has 120 valence electrons. The van der Waals surface area contributed by atoms with Crippen LogP contribution in [0.1, 0.15) is 19.3 Å². The lowest BCUT2D eigenvalue weighted by Crippen LogP contribution is -2.51. The fourth-order valence-electron chi connectivity index (χ4n) is 3.21. The standard InChI is InChI=1S/C15H23N5O2/c1-19(2)14(21)18-12-4-9-22-15(10-12)5-8-20(11-15)13-16-6-3-7-17-13/h3,6-7,12H,4-5,8-11H2,1-2H3,(H,18,21)/t12-,15-/m1/s1. The Morgan fingerprint density at radius 2 is 2.23 bits per heavy atom. The van der Waals surface area contributed by atoms with Crippen LogP contribution in [0.15, 0.2) is 18.5 Å². The van der Waals surface area contributed by atoms with Crippen LogP contribution in [0.5, 0.6) is 0 Å². The molecular weight excluding hydrogens is 282 g/mol. The summed E-state index contributed by atoms with van der Waals surface area (Å²) >= 11 is 0. The van der Waals surface area contributed by atoms with Gasteiger partial charge in [-0.1, -0.05) is 0 Å². The van der Waals surface area contributed by atoms with Gasteiger partial charge in [-0.15, -0.1) is 0 Å². The minimum atomic E-state index is -0.193. The van der Waals surface area contributed by atoms with Gasteiger partial charge < -0.3 is 19.9 Å². The lowest BCUT2D eigenvalue weighted by Gasteiger charge is -2.38. The van der Waals surface area contributed by atoms with Gasteiger partial charge in [0.25, 0.3) is 0 Å². The molecule has 22 heavy (non-hydrogen) atoms. The molecule has 0 bridgehead atoms. The highest BCUT2D eigenvalue weighted by Gasteiger charge is 2.44. The summed E-state index contributed by atoms with van der Waals surface area (Å²) in [6.07, 6.45) is 6.17. The van der Waals surface area contributed by atoms with E-state index in [0.717, 1.165) is 38.3 Å². The average molecular weight is 305 g/mol. The predicted molar refractivity (Wildman–Crippen MR) is 82.8 cm³/mol. The predicted octanol–water partition coefficient (Wildman–Crippen LogP) is 0.876. The van der Waals surface area contributed by atoms with Gasteiger partial charge in [0.15, 0.2) is 0 Å². The van der Waals surface area contributed by atoms with Gasteiger partial charge in [0.1, 0.15) is 0 Å². The van der Waals surface area contributed by atoms with Gasteiger partial charge in [-0.05, 0) is 25.3 Å². The molecule has 1 aromatic heterocycles. The van der Waals surface area contributed by atoms with Crippen molar-refractivity contribution < 1.29 is 9.53 Å². The van der Waals surface area contributed by atoms with Gasteiger partial charge in [-0.25, -0.2) is 14.8 Å². The summed E-state index contributed by atoms with van der Waals surface area (Å²) in [7, 11) is 3.52. The average Bonchev–Trinajstić information content (AvgIpc) is 2.91. The number of amides is 2. The van der Waals surface area contributed by atoms with Gasteiger partial charge in [0.2, 0.25) is 5.95 Å². The molecule has 0 unspecified atom stereocenters. The number of nitrogens with one attached hydrogen (secondary N) is 1. The Bertz CT molecular complexity index is 524. The summed E-state index contributed by atoms with van der Waals surface area (Å²) in [6.45, 7) is 2.35. The van der Waals surface area contributed by atoms with E-state index in [2.05, 4.69) is 20.2 Å². The van der Waals surface area contributed by atoms with Crippen molar-refractivity contribution in [1.82, 2.24) is 20.2 Å². The molecule has 1 aromatic rings. The Kier molecular flexibility index (Phi) is 4.15. The Hall–Kier alpha value is -1.89. The van der Waals surface area contributed by atoms with Gasteiger partial charge >= 0.3 is 6.03 Å². The van der Waals surface area contributed by atoms with Crippen LogP contribution < -0.4 is 10.2 Å². The van der Waals surface area contributed by atoms with E-state index < -0.39 is 0 Å². The summed E-state index contributed by atoms with van der Waals surface area (Å²) in [5.41, 5.74) is -0.193. The van der Waals surface area contributed by atoms with Crippen LogP contribution in [-0.2, 0) is 4.74 Å². The Labute approximate surface area is 130 Å². The zero-order chi connectivity index (χ0) is 15.6. The summed E-state index contributed by atoms with van der Waals surface area (Å²) in [5, 5.41) is 3.08. The topological polar surface area (TPSA) is 70.6 Å². The van der Waals surface area contributed by atoms with Gasteiger partial charge in [0, 0.05) is 45.7 Å². The Morgan fingerprint density at radius 1 is 1.45 bits per heavy atom. The third-order valence-electron chi connectivity index (χ3n) is 4.38. The van der Waals surface area contributed by atoms with Crippen LogP contribution in [0, 0.1) is 0 Å². The number of urea groups is 1. The number of ether oxygens (including phenoxy) is 1. The van der Waals surface area contributed by atoms with Crippen LogP contribution >= 0.6 is 0 Å². The van der Waals surface area contributed by atoms with E-state index in [1.165, 1.54) is 0 Å². The van der Waals surface area contributed by atoms with E-state index in [-0.39, 0.29) is 17.7 Å². The molecule has 0 aromatic carbocycles. The molecule has 2 atom stereocenters. The first kappa shape index (κ1) is 15.0. The van der Waals surface area contributed by atoms with Gasteiger partial charge in [-0.2, -0.15) is 0 Å². The van der Waals surface area contributed by atoms with Crippen molar-refractivity contribution >= 4 is 12.0 Å². The largest absolute Gasteiger partial charge is 0.373 e. The number of nitrogens with zero attached hydrogens (tertiary/aromatic N) is 4. The Balaban J connectivity index is 1.63. The maximum atomic E-state index is 11.8. The van der Waals surface area contributed by atoms with Crippen molar-refractivity contribution in [3.63, 3.8) is 0 Å². The third kappa shape index (κ3) is 3.14. The van der Waals surface area contributed by atoms with E-state index in [4.69, 9.17) is 4.74 Å². The van der Waals surface area contributed by atoms with E-state index in [1.54, 1.807) is 31.4 Å². The zero-order valence-corrected chi connectivity index (χ0v) is 13.2. The van der Waals surface area contributed by atoms with Crippen LogP contribution in [0.25, 0.3) is 0 Å². The highest BCUT2D eigenvalue weighted by Crippen LogP contribution is 2.35. The lowest BCUT2D eigenvalue weighted by atomic mass is 9.89. The number of anilines is 1. The highest BCUT2D eigenvalue weighted by molar-refractivity contribution is 5.73. The molecule has 7 heteroatoms.